The molecule has 0 spiro atoms. The Labute approximate surface area is 106 Å². The van der Waals surface area contributed by atoms with Gasteiger partial charge >= 0.3 is 0 Å². The van der Waals surface area contributed by atoms with Crippen LogP contribution >= 0.6 is 11.6 Å². The van der Waals surface area contributed by atoms with Crippen LogP contribution in [0.3, 0.4) is 0 Å². The molecule has 0 saturated carbocycles. The molecule has 17 heavy (non-hydrogen) atoms. The van der Waals surface area contributed by atoms with Gasteiger partial charge in [-0.25, -0.2) is 4.98 Å². The Balaban J connectivity index is 1.97. The number of hydrogen-bond acceptors (Lipinski definition) is 2. The SMILES string of the molecule is CC(C)n1cnc(COc2cccc(Cl)c2)c1. The fraction of sp³-hybridized carbons (Fsp3) is 0.308. The highest BCUT2D eigenvalue weighted by atomic mass is 35.5. The van der Waals surface area contributed by atoms with Gasteiger partial charge in [0, 0.05) is 17.3 Å². The normalized spacial score (nSPS) is 10.8. The zero-order valence-corrected chi connectivity index (χ0v) is 10.7. The lowest BCUT2D eigenvalue weighted by Gasteiger charge is -2.05. The zero-order valence-electron chi connectivity index (χ0n) is 9.93. The molecule has 0 fully saturated rings. The summed E-state index contributed by atoms with van der Waals surface area (Å²) in [4.78, 5) is 4.28. The summed E-state index contributed by atoms with van der Waals surface area (Å²) < 4.78 is 7.66. The molecule has 90 valence electrons. The fourth-order valence-corrected chi connectivity index (χ4v) is 1.63. The number of ether oxygens (including phenoxy) is 1. The molecule has 0 radical (unpaired) electrons. The maximum atomic E-state index is 5.87. The first-order chi connectivity index (χ1) is 8.15. The van der Waals surface area contributed by atoms with Gasteiger partial charge in [-0.1, -0.05) is 17.7 Å². The molecule has 2 aromatic rings. The summed E-state index contributed by atoms with van der Waals surface area (Å²) in [5.74, 6) is 0.761. The zero-order chi connectivity index (χ0) is 12.3. The Bertz CT molecular complexity index is 494. The second kappa shape index (κ2) is 5.23. The summed E-state index contributed by atoms with van der Waals surface area (Å²) in [6.45, 7) is 4.69. The largest absolute Gasteiger partial charge is 0.487 e. The summed E-state index contributed by atoms with van der Waals surface area (Å²) in [6.07, 6.45) is 3.82. The van der Waals surface area contributed by atoms with Crippen molar-refractivity contribution >= 4 is 11.6 Å². The van der Waals surface area contributed by atoms with Gasteiger partial charge in [0.15, 0.2) is 0 Å². The van der Waals surface area contributed by atoms with Gasteiger partial charge in [-0.2, -0.15) is 0 Å². The predicted molar refractivity (Wildman–Crippen MR) is 68.4 cm³/mol. The molecule has 1 heterocycles. The van der Waals surface area contributed by atoms with E-state index in [1.165, 1.54) is 0 Å². The van der Waals surface area contributed by atoms with E-state index in [4.69, 9.17) is 16.3 Å². The summed E-state index contributed by atoms with van der Waals surface area (Å²) in [5.41, 5.74) is 0.915. The molecule has 4 heteroatoms. The van der Waals surface area contributed by atoms with E-state index in [1.54, 1.807) is 6.07 Å². The van der Waals surface area contributed by atoms with Crippen molar-refractivity contribution in [3.63, 3.8) is 0 Å². The van der Waals surface area contributed by atoms with E-state index in [-0.39, 0.29) is 0 Å². The molecule has 0 aliphatic carbocycles. The smallest absolute Gasteiger partial charge is 0.132 e. The van der Waals surface area contributed by atoms with Crippen molar-refractivity contribution in [1.82, 2.24) is 9.55 Å². The van der Waals surface area contributed by atoms with Crippen LogP contribution in [-0.4, -0.2) is 9.55 Å². The highest BCUT2D eigenvalue weighted by molar-refractivity contribution is 6.30. The van der Waals surface area contributed by atoms with Crippen LogP contribution < -0.4 is 4.74 Å². The molecule has 0 saturated heterocycles. The van der Waals surface area contributed by atoms with Gasteiger partial charge < -0.3 is 9.30 Å². The molecule has 1 aromatic heterocycles. The van der Waals surface area contributed by atoms with Crippen molar-refractivity contribution in [3.05, 3.63) is 47.5 Å². The van der Waals surface area contributed by atoms with Crippen LogP contribution in [0, 0.1) is 0 Å². The van der Waals surface area contributed by atoms with Gasteiger partial charge in [-0.15, -0.1) is 0 Å². The highest BCUT2D eigenvalue weighted by Gasteiger charge is 2.02. The standard InChI is InChI=1S/C13H15ClN2O/c1-10(2)16-7-12(15-9-16)8-17-13-5-3-4-11(14)6-13/h3-7,9-10H,8H2,1-2H3. The summed E-state index contributed by atoms with van der Waals surface area (Å²) in [7, 11) is 0. The third kappa shape index (κ3) is 3.24. The van der Waals surface area contributed by atoms with Gasteiger partial charge in [0.05, 0.1) is 12.0 Å². The van der Waals surface area contributed by atoms with Crippen LogP contribution in [0.25, 0.3) is 0 Å². The Hall–Kier alpha value is -1.48. The summed E-state index contributed by atoms with van der Waals surface area (Å²) >= 11 is 5.87. The monoisotopic (exact) mass is 250 g/mol. The molecule has 1 aromatic carbocycles. The maximum Gasteiger partial charge on any atom is 0.132 e. The van der Waals surface area contributed by atoms with Crippen LogP contribution in [0.5, 0.6) is 5.75 Å². The molecule has 0 atom stereocenters. The van der Waals surface area contributed by atoms with Gasteiger partial charge in [0.25, 0.3) is 0 Å². The van der Waals surface area contributed by atoms with E-state index in [2.05, 4.69) is 23.4 Å². The fourth-order valence-electron chi connectivity index (χ4n) is 1.45. The third-order valence-electron chi connectivity index (χ3n) is 2.43. The lowest BCUT2D eigenvalue weighted by atomic mass is 10.3. The van der Waals surface area contributed by atoms with Crippen molar-refractivity contribution in [2.24, 2.45) is 0 Å². The average Bonchev–Trinajstić information content (AvgIpc) is 2.75. The number of nitrogens with zero attached hydrogens (tertiary/aromatic N) is 2. The first-order valence-corrected chi connectivity index (χ1v) is 5.93. The summed E-state index contributed by atoms with van der Waals surface area (Å²) in [6, 6.07) is 7.78. The molecule has 0 bridgehead atoms. The molecule has 0 unspecified atom stereocenters. The number of benzene rings is 1. The van der Waals surface area contributed by atoms with Crippen LogP contribution in [0.15, 0.2) is 36.8 Å². The second-order valence-electron chi connectivity index (χ2n) is 4.15. The minimum absolute atomic E-state index is 0.419. The van der Waals surface area contributed by atoms with E-state index in [1.807, 2.05) is 30.7 Å². The van der Waals surface area contributed by atoms with Crippen molar-refractivity contribution in [2.75, 3.05) is 0 Å². The van der Waals surface area contributed by atoms with Crippen molar-refractivity contribution in [2.45, 2.75) is 26.5 Å². The first-order valence-electron chi connectivity index (χ1n) is 5.56. The highest BCUT2D eigenvalue weighted by Crippen LogP contribution is 2.18. The molecular weight excluding hydrogens is 236 g/mol. The lowest BCUT2D eigenvalue weighted by Crippen LogP contribution is -1.97. The average molecular weight is 251 g/mol. The number of hydrogen-bond donors (Lipinski definition) is 0. The molecule has 0 amide bonds. The summed E-state index contributed by atoms with van der Waals surface area (Å²) in [5, 5.41) is 0.676. The number of halogens is 1. The molecular formula is C13H15ClN2O. The molecule has 0 N–H and O–H groups in total. The predicted octanol–water partition coefficient (Wildman–Crippen LogP) is 3.70. The van der Waals surface area contributed by atoms with Gasteiger partial charge in [-0.05, 0) is 32.0 Å². The Morgan fingerprint density at radius 1 is 1.41 bits per heavy atom. The van der Waals surface area contributed by atoms with E-state index < -0.39 is 0 Å². The van der Waals surface area contributed by atoms with Crippen LogP contribution in [0.4, 0.5) is 0 Å². The maximum absolute atomic E-state index is 5.87. The Kier molecular flexibility index (Phi) is 3.69. The minimum atomic E-state index is 0.419. The number of rotatable bonds is 4. The van der Waals surface area contributed by atoms with Crippen molar-refractivity contribution in [1.29, 1.82) is 0 Å². The van der Waals surface area contributed by atoms with Crippen LogP contribution in [0.1, 0.15) is 25.6 Å². The van der Waals surface area contributed by atoms with Gasteiger partial charge in [-0.3, -0.25) is 0 Å². The van der Waals surface area contributed by atoms with Crippen molar-refractivity contribution in [3.8, 4) is 5.75 Å². The number of imidazole rings is 1. The van der Waals surface area contributed by atoms with Gasteiger partial charge in [0.2, 0.25) is 0 Å². The molecule has 0 aliphatic heterocycles. The van der Waals surface area contributed by atoms with Crippen molar-refractivity contribution < 1.29 is 4.74 Å². The molecule has 3 nitrogen and oxygen atoms in total. The number of aromatic nitrogens is 2. The first kappa shape index (κ1) is 12.0. The van der Waals surface area contributed by atoms with Crippen LogP contribution in [0.2, 0.25) is 5.02 Å². The van der Waals surface area contributed by atoms with E-state index in [0.717, 1.165) is 11.4 Å². The third-order valence-corrected chi connectivity index (χ3v) is 2.67. The van der Waals surface area contributed by atoms with Gasteiger partial charge in [0.1, 0.15) is 12.4 Å². The minimum Gasteiger partial charge on any atom is -0.487 e. The Morgan fingerprint density at radius 3 is 2.88 bits per heavy atom. The van der Waals surface area contributed by atoms with E-state index in [0.29, 0.717) is 17.7 Å². The molecule has 0 aliphatic rings. The second-order valence-corrected chi connectivity index (χ2v) is 4.59. The Morgan fingerprint density at radius 2 is 2.24 bits per heavy atom. The molecule has 2 rings (SSSR count). The lowest BCUT2D eigenvalue weighted by molar-refractivity contribution is 0.301. The van der Waals surface area contributed by atoms with E-state index in [9.17, 15) is 0 Å². The van der Waals surface area contributed by atoms with E-state index >= 15 is 0 Å². The quantitative estimate of drug-likeness (QED) is 0.827. The van der Waals surface area contributed by atoms with Crippen LogP contribution in [-0.2, 0) is 6.61 Å². The topological polar surface area (TPSA) is 27.1 Å².